The molecule has 0 amide bonds. The van der Waals surface area contributed by atoms with E-state index in [9.17, 15) is 9.90 Å². The average molecular weight is 216 g/mol. The minimum atomic E-state index is -0.500. The number of ether oxygens (including phenoxy) is 1. The van der Waals surface area contributed by atoms with Crippen LogP contribution in [-0.2, 0) is 9.53 Å². The molecule has 0 saturated carbocycles. The fourth-order valence-electron chi connectivity index (χ4n) is 1.60. The number of benzene rings is 1. The molecule has 3 nitrogen and oxygen atoms in total. The van der Waals surface area contributed by atoms with E-state index in [0.29, 0.717) is 5.56 Å². The normalized spacial score (nSPS) is 15.4. The Morgan fingerprint density at radius 1 is 1.19 bits per heavy atom. The van der Waals surface area contributed by atoms with Gasteiger partial charge in [-0.3, -0.25) is 0 Å². The molecule has 0 bridgehead atoms. The highest BCUT2D eigenvalue weighted by Crippen LogP contribution is 2.32. The molecule has 1 aliphatic rings. The third kappa shape index (κ3) is 1.60. The summed E-state index contributed by atoms with van der Waals surface area (Å²) in [4.78, 5) is 11.6. The van der Waals surface area contributed by atoms with Gasteiger partial charge in [0.25, 0.3) is 0 Å². The van der Waals surface area contributed by atoms with E-state index in [1.54, 1.807) is 26.0 Å². The topological polar surface area (TPSA) is 46.5 Å². The quantitative estimate of drug-likeness (QED) is 0.734. The smallest absolute Gasteiger partial charge is 0.348 e. The summed E-state index contributed by atoms with van der Waals surface area (Å²) in [5, 5.41) is 9.92. The lowest BCUT2D eigenvalue weighted by atomic mass is 10.1. The summed E-state index contributed by atoms with van der Waals surface area (Å²) in [7, 11) is 0. The van der Waals surface area contributed by atoms with Gasteiger partial charge < -0.3 is 9.84 Å². The Morgan fingerprint density at radius 3 is 2.31 bits per heavy atom. The Kier molecular flexibility index (Phi) is 2.52. The third-order valence-electron chi connectivity index (χ3n) is 2.37. The molecule has 0 atom stereocenters. The predicted octanol–water partition coefficient (Wildman–Crippen LogP) is 2.81. The van der Waals surface area contributed by atoms with Crippen molar-refractivity contribution in [2.24, 2.45) is 0 Å². The minimum absolute atomic E-state index is 0.0730. The van der Waals surface area contributed by atoms with Gasteiger partial charge in [0.15, 0.2) is 11.5 Å². The van der Waals surface area contributed by atoms with Crippen LogP contribution in [-0.4, -0.2) is 11.1 Å². The Morgan fingerprint density at radius 2 is 1.81 bits per heavy atom. The zero-order chi connectivity index (χ0) is 11.7. The van der Waals surface area contributed by atoms with Crippen LogP contribution in [0.2, 0.25) is 0 Å². The third-order valence-corrected chi connectivity index (χ3v) is 2.37. The molecule has 2 rings (SSSR count). The summed E-state index contributed by atoms with van der Waals surface area (Å²) in [6.45, 7) is 3.57. The van der Waals surface area contributed by atoms with Gasteiger partial charge in [-0.05, 0) is 25.0 Å². The molecule has 1 aromatic carbocycles. The van der Waals surface area contributed by atoms with Gasteiger partial charge in [0, 0.05) is 0 Å². The maximum absolute atomic E-state index is 11.6. The van der Waals surface area contributed by atoms with Gasteiger partial charge in [-0.15, -0.1) is 0 Å². The summed E-state index contributed by atoms with van der Waals surface area (Å²) in [5.74, 6) is -0.306. The van der Waals surface area contributed by atoms with Crippen LogP contribution in [0.3, 0.4) is 0 Å². The van der Waals surface area contributed by atoms with Crippen LogP contribution in [0.5, 0.6) is 0 Å². The van der Waals surface area contributed by atoms with Crippen molar-refractivity contribution in [3.05, 3.63) is 53.0 Å². The first-order valence-corrected chi connectivity index (χ1v) is 5.00. The lowest BCUT2D eigenvalue weighted by Crippen LogP contribution is -1.98. The van der Waals surface area contributed by atoms with Crippen LogP contribution < -0.4 is 0 Å². The maximum Gasteiger partial charge on any atom is 0.348 e. The minimum Gasteiger partial charge on any atom is -0.504 e. The molecule has 16 heavy (non-hydrogen) atoms. The zero-order valence-corrected chi connectivity index (χ0v) is 9.15. The Balaban J connectivity index is 2.57. The molecule has 1 heterocycles. The van der Waals surface area contributed by atoms with Gasteiger partial charge in [-0.2, -0.15) is 0 Å². The highest BCUT2D eigenvalue weighted by Gasteiger charge is 2.31. The molecule has 0 aromatic heterocycles. The number of cyclic esters (lactones) is 1. The van der Waals surface area contributed by atoms with Crippen LogP contribution in [0.15, 0.2) is 47.4 Å². The molecule has 82 valence electrons. The van der Waals surface area contributed by atoms with Crippen LogP contribution in [0, 0.1) is 0 Å². The maximum atomic E-state index is 11.6. The second kappa shape index (κ2) is 3.85. The monoisotopic (exact) mass is 216 g/mol. The first kappa shape index (κ1) is 10.5. The largest absolute Gasteiger partial charge is 0.504 e. The Bertz CT molecular complexity index is 491. The Hall–Kier alpha value is -2.03. The van der Waals surface area contributed by atoms with E-state index in [0.717, 1.165) is 5.57 Å². The molecular formula is C13H12O3. The second-order valence-corrected chi connectivity index (χ2v) is 3.81. The van der Waals surface area contributed by atoms with Crippen molar-refractivity contribution >= 4 is 11.5 Å². The Labute approximate surface area is 93.7 Å². The molecule has 0 spiro atoms. The first-order valence-electron chi connectivity index (χ1n) is 5.00. The average Bonchev–Trinajstić information content (AvgIpc) is 2.56. The lowest BCUT2D eigenvalue weighted by molar-refractivity contribution is -0.131. The van der Waals surface area contributed by atoms with Crippen molar-refractivity contribution in [1.29, 1.82) is 0 Å². The van der Waals surface area contributed by atoms with Crippen LogP contribution >= 0.6 is 0 Å². The van der Waals surface area contributed by atoms with E-state index in [4.69, 9.17) is 4.74 Å². The molecule has 0 fully saturated rings. The summed E-state index contributed by atoms with van der Waals surface area (Å²) in [5.41, 5.74) is 1.68. The first-order chi connectivity index (χ1) is 7.61. The van der Waals surface area contributed by atoms with Crippen molar-refractivity contribution in [3.8, 4) is 0 Å². The number of allylic oxidation sites excluding steroid dienone is 1. The van der Waals surface area contributed by atoms with Gasteiger partial charge in [0.05, 0.1) is 0 Å². The molecule has 0 unspecified atom stereocenters. The van der Waals surface area contributed by atoms with Crippen molar-refractivity contribution in [1.82, 2.24) is 0 Å². The number of rotatable bonds is 1. The highest BCUT2D eigenvalue weighted by molar-refractivity contribution is 6.20. The molecule has 0 saturated heterocycles. The van der Waals surface area contributed by atoms with Gasteiger partial charge in [0.1, 0.15) is 5.57 Å². The molecule has 0 radical (unpaired) electrons. The number of carbonyl (C=O) groups is 1. The van der Waals surface area contributed by atoms with Crippen molar-refractivity contribution in [2.75, 3.05) is 0 Å². The summed E-state index contributed by atoms with van der Waals surface area (Å²) in [6.07, 6.45) is 0. The van der Waals surface area contributed by atoms with Crippen molar-refractivity contribution in [3.63, 3.8) is 0 Å². The summed E-state index contributed by atoms with van der Waals surface area (Å²) in [6, 6.07) is 9.00. The van der Waals surface area contributed by atoms with E-state index in [-0.39, 0.29) is 17.1 Å². The van der Waals surface area contributed by atoms with E-state index in [1.807, 2.05) is 18.2 Å². The van der Waals surface area contributed by atoms with Crippen LogP contribution in [0.4, 0.5) is 0 Å². The number of hydrogen-bond donors (Lipinski definition) is 1. The number of esters is 1. The summed E-state index contributed by atoms with van der Waals surface area (Å²) >= 11 is 0. The van der Waals surface area contributed by atoms with Crippen molar-refractivity contribution in [2.45, 2.75) is 13.8 Å². The van der Waals surface area contributed by atoms with E-state index < -0.39 is 5.97 Å². The van der Waals surface area contributed by atoms with E-state index >= 15 is 0 Å². The van der Waals surface area contributed by atoms with Gasteiger partial charge in [-0.1, -0.05) is 30.3 Å². The van der Waals surface area contributed by atoms with Crippen LogP contribution in [0.25, 0.3) is 5.57 Å². The zero-order valence-electron chi connectivity index (χ0n) is 9.15. The molecule has 0 aliphatic carbocycles. The summed E-state index contributed by atoms with van der Waals surface area (Å²) < 4.78 is 5.02. The van der Waals surface area contributed by atoms with Crippen molar-refractivity contribution < 1.29 is 14.6 Å². The number of aliphatic hydroxyl groups excluding tert-OH is 1. The fraction of sp³-hybridized carbons (Fsp3) is 0.154. The molecule has 1 aliphatic heterocycles. The van der Waals surface area contributed by atoms with Gasteiger partial charge in [-0.25, -0.2) is 4.79 Å². The standard InChI is InChI=1S/C13H12O3/c1-8(2)12-11(14)10(13(15)16-12)9-6-4-3-5-7-9/h3-7,14H,1-2H3. The molecule has 3 heteroatoms. The molecule has 1 N–H and O–H groups in total. The highest BCUT2D eigenvalue weighted by atomic mass is 16.6. The number of aliphatic hydroxyl groups is 1. The van der Waals surface area contributed by atoms with Gasteiger partial charge >= 0.3 is 5.97 Å². The fourth-order valence-corrected chi connectivity index (χ4v) is 1.60. The number of hydrogen-bond acceptors (Lipinski definition) is 3. The molecule has 1 aromatic rings. The predicted molar refractivity (Wildman–Crippen MR) is 60.5 cm³/mol. The molecular weight excluding hydrogens is 204 g/mol. The lowest BCUT2D eigenvalue weighted by Gasteiger charge is -1.98. The van der Waals surface area contributed by atoms with Gasteiger partial charge in [0.2, 0.25) is 0 Å². The van der Waals surface area contributed by atoms with E-state index in [2.05, 4.69) is 0 Å². The van der Waals surface area contributed by atoms with Crippen LogP contribution in [0.1, 0.15) is 19.4 Å². The number of carbonyl (C=O) groups excluding carboxylic acids is 1. The van der Waals surface area contributed by atoms with E-state index in [1.165, 1.54) is 0 Å². The SMILES string of the molecule is CC(C)=C1OC(=O)C(c2ccccc2)=C1O. The second-order valence-electron chi connectivity index (χ2n) is 3.81.